The van der Waals surface area contributed by atoms with Gasteiger partial charge in [0, 0.05) is 4.88 Å². The summed E-state index contributed by atoms with van der Waals surface area (Å²) in [5.41, 5.74) is 0. The highest BCUT2D eigenvalue weighted by Crippen LogP contribution is 2.18. The maximum Gasteiger partial charge on any atom is 0.165 e. The molecule has 0 radical (unpaired) electrons. The fraction of sp³-hybridized carbons (Fsp3) is 0.0909. The normalized spacial score (nSPS) is 10.1. The lowest BCUT2D eigenvalue weighted by Crippen LogP contribution is -1.94. The number of halogens is 1. The maximum absolute atomic E-state index is 13.1. The number of hydrogen-bond donors (Lipinski definition) is 0. The van der Waals surface area contributed by atoms with Crippen LogP contribution in [0.25, 0.3) is 0 Å². The molecule has 3 heteroatoms. The van der Waals surface area contributed by atoms with Gasteiger partial charge < -0.3 is 4.74 Å². The average molecular weight is 208 g/mol. The summed E-state index contributed by atoms with van der Waals surface area (Å²) in [5.74, 6) is -0.00930. The van der Waals surface area contributed by atoms with Crippen molar-refractivity contribution in [3.63, 3.8) is 0 Å². The number of thiophene rings is 1. The highest BCUT2D eigenvalue weighted by Gasteiger charge is 2.01. The number of benzene rings is 1. The van der Waals surface area contributed by atoms with Crippen LogP contribution < -0.4 is 4.74 Å². The summed E-state index contributed by atoms with van der Waals surface area (Å²) in [4.78, 5) is 1.09. The molecule has 14 heavy (non-hydrogen) atoms. The van der Waals surface area contributed by atoms with Crippen molar-refractivity contribution in [2.45, 2.75) is 6.61 Å². The van der Waals surface area contributed by atoms with Crippen LogP contribution in [0, 0.1) is 5.82 Å². The van der Waals surface area contributed by atoms with E-state index < -0.39 is 0 Å². The summed E-state index contributed by atoms with van der Waals surface area (Å²) < 4.78 is 18.4. The zero-order valence-corrected chi connectivity index (χ0v) is 8.26. The summed E-state index contributed by atoms with van der Waals surface area (Å²) >= 11 is 1.60. The minimum Gasteiger partial charge on any atom is -0.485 e. The molecular formula is C11H9FOS. The second-order valence-electron chi connectivity index (χ2n) is 2.80. The van der Waals surface area contributed by atoms with Gasteiger partial charge in [-0.1, -0.05) is 18.2 Å². The fourth-order valence-corrected chi connectivity index (χ4v) is 1.72. The Morgan fingerprint density at radius 3 is 2.71 bits per heavy atom. The predicted octanol–water partition coefficient (Wildman–Crippen LogP) is 3.47. The molecule has 0 N–H and O–H groups in total. The summed E-state index contributed by atoms with van der Waals surface area (Å²) in [7, 11) is 0. The first-order valence-corrected chi connectivity index (χ1v) is 5.14. The lowest BCUT2D eigenvalue weighted by molar-refractivity contribution is 0.293. The third-order valence-corrected chi connectivity index (χ3v) is 2.64. The Morgan fingerprint density at radius 2 is 2.00 bits per heavy atom. The van der Waals surface area contributed by atoms with E-state index in [0.29, 0.717) is 12.4 Å². The van der Waals surface area contributed by atoms with Crippen LogP contribution in [0.15, 0.2) is 41.8 Å². The summed E-state index contributed by atoms with van der Waals surface area (Å²) in [6.07, 6.45) is 0. The molecule has 2 rings (SSSR count). The van der Waals surface area contributed by atoms with Gasteiger partial charge in [-0.2, -0.15) is 0 Å². The molecular weight excluding hydrogens is 199 g/mol. The monoisotopic (exact) mass is 208 g/mol. The first kappa shape index (κ1) is 9.21. The van der Waals surface area contributed by atoms with Gasteiger partial charge in [0.2, 0.25) is 0 Å². The largest absolute Gasteiger partial charge is 0.485 e. The molecule has 1 heterocycles. The quantitative estimate of drug-likeness (QED) is 0.750. The van der Waals surface area contributed by atoms with Gasteiger partial charge in [-0.15, -0.1) is 11.3 Å². The molecule has 0 saturated heterocycles. The second-order valence-corrected chi connectivity index (χ2v) is 3.83. The van der Waals surface area contributed by atoms with Crippen molar-refractivity contribution in [1.29, 1.82) is 0 Å². The molecule has 72 valence electrons. The smallest absolute Gasteiger partial charge is 0.165 e. The van der Waals surface area contributed by atoms with Crippen molar-refractivity contribution in [2.75, 3.05) is 0 Å². The second kappa shape index (κ2) is 4.24. The van der Waals surface area contributed by atoms with Crippen molar-refractivity contribution in [2.24, 2.45) is 0 Å². The fourth-order valence-electron chi connectivity index (χ4n) is 1.11. The van der Waals surface area contributed by atoms with E-state index in [4.69, 9.17) is 4.74 Å². The summed E-state index contributed by atoms with van der Waals surface area (Å²) in [6, 6.07) is 10.3. The van der Waals surface area contributed by atoms with Gasteiger partial charge in [0.05, 0.1) is 0 Å². The van der Waals surface area contributed by atoms with Crippen molar-refractivity contribution in [3.8, 4) is 5.75 Å². The van der Waals surface area contributed by atoms with Crippen LogP contribution >= 0.6 is 11.3 Å². The van der Waals surface area contributed by atoms with Crippen molar-refractivity contribution >= 4 is 11.3 Å². The van der Waals surface area contributed by atoms with Crippen LogP contribution in [0.4, 0.5) is 4.39 Å². The van der Waals surface area contributed by atoms with Gasteiger partial charge in [0.15, 0.2) is 11.6 Å². The van der Waals surface area contributed by atoms with Crippen LogP contribution in [-0.2, 0) is 6.61 Å². The Labute approximate surface area is 85.8 Å². The van der Waals surface area contributed by atoms with Crippen molar-refractivity contribution in [3.05, 3.63) is 52.5 Å². The average Bonchev–Trinajstić information content (AvgIpc) is 2.69. The van der Waals surface area contributed by atoms with Gasteiger partial charge in [-0.3, -0.25) is 0 Å². The topological polar surface area (TPSA) is 9.23 Å². The van der Waals surface area contributed by atoms with Crippen LogP contribution in [0.3, 0.4) is 0 Å². The van der Waals surface area contributed by atoms with Crippen LogP contribution in [0.5, 0.6) is 5.75 Å². The van der Waals surface area contributed by atoms with Gasteiger partial charge in [-0.25, -0.2) is 4.39 Å². The van der Waals surface area contributed by atoms with E-state index in [2.05, 4.69) is 0 Å². The van der Waals surface area contributed by atoms with E-state index >= 15 is 0 Å². The first-order valence-electron chi connectivity index (χ1n) is 4.26. The van der Waals surface area contributed by atoms with Gasteiger partial charge in [0.25, 0.3) is 0 Å². The lowest BCUT2D eigenvalue weighted by Gasteiger charge is -2.04. The molecule has 1 nitrogen and oxygen atoms in total. The lowest BCUT2D eigenvalue weighted by atomic mass is 10.3. The predicted molar refractivity (Wildman–Crippen MR) is 55.1 cm³/mol. The minimum absolute atomic E-state index is 0.306. The molecule has 0 fully saturated rings. The highest BCUT2D eigenvalue weighted by atomic mass is 32.1. The summed E-state index contributed by atoms with van der Waals surface area (Å²) in [5, 5.41) is 1.97. The summed E-state index contributed by atoms with van der Waals surface area (Å²) in [6.45, 7) is 0.429. The van der Waals surface area contributed by atoms with E-state index in [9.17, 15) is 4.39 Å². The van der Waals surface area contributed by atoms with E-state index in [1.54, 1.807) is 29.5 Å². The molecule has 0 aliphatic rings. The Morgan fingerprint density at radius 1 is 1.14 bits per heavy atom. The number of hydrogen-bond acceptors (Lipinski definition) is 2. The minimum atomic E-state index is -0.316. The Bertz CT molecular complexity index is 397. The molecule has 1 aromatic heterocycles. The molecule has 0 aliphatic heterocycles. The molecule has 0 unspecified atom stereocenters. The first-order chi connectivity index (χ1) is 6.86. The standard InChI is InChI=1S/C11H9FOS/c12-10-5-1-2-6-11(10)13-8-9-4-3-7-14-9/h1-7H,8H2. The third-order valence-electron chi connectivity index (χ3n) is 1.79. The molecule has 2 aromatic rings. The maximum atomic E-state index is 13.1. The van der Waals surface area contributed by atoms with E-state index in [1.807, 2.05) is 17.5 Å². The van der Waals surface area contributed by atoms with Crippen molar-refractivity contribution in [1.82, 2.24) is 0 Å². The van der Waals surface area contributed by atoms with Gasteiger partial charge in [0.1, 0.15) is 6.61 Å². The van der Waals surface area contributed by atoms with Gasteiger partial charge in [-0.05, 0) is 23.6 Å². The van der Waals surface area contributed by atoms with Crippen LogP contribution in [-0.4, -0.2) is 0 Å². The Hall–Kier alpha value is -1.35. The molecule has 0 saturated carbocycles. The Kier molecular flexibility index (Phi) is 2.79. The number of ether oxygens (including phenoxy) is 1. The highest BCUT2D eigenvalue weighted by molar-refractivity contribution is 7.09. The molecule has 0 atom stereocenters. The zero-order chi connectivity index (χ0) is 9.80. The SMILES string of the molecule is Fc1ccccc1OCc1cccs1. The molecule has 0 spiro atoms. The molecule has 0 bridgehead atoms. The third kappa shape index (κ3) is 2.12. The molecule has 0 amide bonds. The van der Waals surface area contributed by atoms with Crippen molar-refractivity contribution < 1.29 is 9.13 Å². The van der Waals surface area contributed by atoms with E-state index in [0.717, 1.165) is 4.88 Å². The molecule has 1 aromatic carbocycles. The van der Waals surface area contributed by atoms with E-state index in [1.165, 1.54) is 6.07 Å². The number of para-hydroxylation sites is 1. The van der Waals surface area contributed by atoms with E-state index in [-0.39, 0.29) is 5.82 Å². The molecule has 0 aliphatic carbocycles. The van der Waals surface area contributed by atoms with Crippen LogP contribution in [0.2, 0.25) is 0 Å². The zero-order valence-electron chi connectivity index (χ0n) is 7.44. The number of rotatable bonds is 3. The van der Waals surface area contributed by atoms with Crippen LogP contribution in [0.1, 0.15) is 4.88 Å². The Balaban J connectivity index is 2.02. The van der Waals surface area contributed by atoms with Gasteiger partial charge >= 0.3 is 0 Å².